The van der Waals surface area contributed by atoms with Gasteiger partial charge in [0.25, 0.3) is 0 Å². The first-order chi connectivity index (χ1) is 9.78. The molecule has 104 valence electrons. The molecule has 6 nitrogen and oxygen atoms in total. The van der Waals surface area contributed by atoms with E-state index in [4.69, 9.17) is 0 Å². The van der Waals surface area contributed by atoms with Gasteiger partial charge in [-0.1, -0.05) is 11.3 Å². The van der Waals surface area contributed by atoms with Crippen LogP contribution in [0.15, 0.2) is 12.3 Å². The van der Waals surface area contributed by atoms with Crippen molar-refractivity contribution < 1.29 is 0 Å². The fraction of sp³-hybridized carbons (Fsp3) is 0.538. The summed E-state index contributed by atoms with van der Waals surface area (Å²) in [4.78, 5) is 11.2. The number of aryl methyl sites for hydroxylation is 1. The molecule has 0 atom stereocenters. The molecular weight excluding hydrogens is 272 g/mol. The standard InChI is InChI=1S/C13H16N6S/c1-8-17-18-13(20-8)19-6-10(7-19)15-11-4-5-14-12(16-11)9-2-3-9/h4-5,9-10H,2-3,6-7H2,1H3,(H,14,15,16). The van der Waals surface area contributed by atoms with Crippen molar-refractivity contribution in [3.63, 3.8) is 0 Å². The van der Waals surface area contributed by atoms with E-state index >= 15 is 0 Å². The lowest BCUT2D eigenvalue weighted by molar-refractivity contribution is 0.545. The number of hydrogen-bond acceptors (Lipinski definition) is 7. The van der Waals surface area contributed by atoms with Crippen molar-refractivity contribution in [3.05, 3.63) is 23.1 Å². The van der Waals surface area contributed by atoms with Crippen LogP contribution in [0.5, 0.6) is 0 Å². The van der Waals surface area contributed by atoms with Crippen molar-refractivity contribution in [2.45, 2.75) is 31.7 Å². The third-order valence-corrected chi connectivity index (χ3v) is 4.54. The van der Waals surface area contributed by atoms with Crippen LogP contribution in [0.25, 0.3) is 0 Å². The maximum absolute atomic E-state index is 4.59. The summed E-state index contributed by atoms with van der Waals surface area (Å²) < 4.78 is 0. The molecule has 20 heavy (non-hydrogen) atoms. The summed E-state index contributed by atoms with van der Waals surface area (Å²) in [6, 6.07) is 2.38. The summed E-state index contributed by atoms with van der Waals surface area (Å²) >= 11 is 1.64. The zero-order chi connectivity index (χ0) is 13.5. The van der Waals surface area contributed by atoms with E-state index in [1.54, 1.807) is 11.3 Å². The fourth-order valence-electron chi connectivity index (χ4n) is 2.34. The van der Waals surface area contributed by atoms with Crippen molar-refractivity contribution >= 4 is 22.3 Å². The van der Waals surface area contributed by atoms with Gasteiger partial charge in [-0.25, -0.2) is 9.97 Å². The number of nitrogens with one attached hydrogen (secondary N) is 1. The largest absolute Gasteiger partial charge is 0.364 e. The van der Waals surface area contributed by atoms with Crippen molar-refractivity contribution in [1.82, 2.24) is 20.2 Å². The highest BCUT2D eigenvalue weighted by Crippen LogP contribution is 2.38. The quantitative estimate of drug-likeness (QED) is 0.925. The third-order valence-electron chi connectivity index (χ3n) is 3.64. The van der Waals surface area contributed by atoms with Crippen LogP contribution in [-0.4, -0.2) is 39.3 Å². The molecule has 1 aliphatic carbocycles. The summed E-state index contributed by atoms with van der Waals surface area (Å²) in [6.45, 7) is 3.89. The number of anilines is 2. The molecule has 0 spiro atoms. The molecule has 2 aromatic rings. The van der Waals surface area contributed by atoms with Crippen molar-refractivity contribution in [2.24, 2.45) is 0 Å². The van der Waals surface area contributed by atoms with Gasteiger partial charge in [-0.05, 0) is 25.8 Å². The lowest BCUT2D eigenvalue weighted by atomic mass is 10.1. The van der Waals surface area contributed by atoms with Crippen LogP contribution >= 0.6 is 11.3 Å². The van der Waals surface area contributed by atoms with Crippen molar-refractivity contribution in [1.29, 1.82) is 0 Å². The van der Waals surface area contributed by atoms with Gasteiger partial charge in [0.15, 0.2) is 0 Å². The van der Waals surface area contributed by atoms with Crippen LogP contribution < -0.4 is 10.2 Å². The van der Waals surface area contributed by atoms with Crippen LogP contribution in [0.1, 0.15) is 29.6 Å². The Morgan fingerprint density at radius 3 is 2.85 bits per heavy atom. The second-order valence-electron chi connectivity index (χ2n) is 5.42. The van der Waals surface area contributed by atoms with Crippen LogP contribution in [-0.2, 0) is 0 Å². The molecule has 1 saturated heterocycles. The predicted molar refractivity (Wildman–Crippen MR) is 78.3 cm³/mol. The third kappa shape index (κ3) is 2.33. The number of rotatable bonds is 4. The van der Waals surface area contributed by atoms with E-state index in [-0.39, 0.29) is 0 Å². The molecular formula is C13H16N6S. The first-order valence-corrected chi connectivity index (χ1v) is 7.74. The highest BCUT2D eigenvalue weighted by atomic mass is 32.1. The van der Waals surface area contributed by atoms with Crippen molar-refractivity contribution in [2.75, 3.05) is 23.3 Å². The first kappa shape index (κ1) is 12.0. The van der Waals surface area contributed by atoms with Gasteiger partial charge in [-0.3, -0.25) is 0 Å². The van der Waals surface area contributed by atoms with E-state index in [2.05, 4.69) is 30.4 Å². The molecule has 1 saturated carbocycles. The van der Waals surface area contributed by atoms with Gasteiger partial charge in [0.05, 0.1) is 6.04 Å². The van der Waals surface area contributed by atoms with Gasteiger partial charge < -0.3 is 10.2 Å². The Morgan fingerprint density at radius 2 is 2.15 bits per heavy atom. The molecule has 4 rings (SSSR count). The van der Waals surface area contributed by atoms with Gasteiger partial charge in [0.2, 0.25) is 5.13 Å². The Hall–Kier alpha value is -1.76. The molecule has 0 bridgehead atoms. The molecule has 2 fully saturated rings. The molecule has 3 heterocycles. The summed E-state index contributed by atoms with van der Waals surface area (Å²) in [5, 5.41) is 13.7. The number of aromatic nitrogens is 4. The van der Waals surface area contributed by atoms with Gasteiger partial charge >= 0.3 is 0 Å². The summed E-state index contributed by atoms with van der Waals surface area (Å²) in [6.07, 6.45) is 4.32. The summed E-state index contributed by atoms with van der Waals surface area (Å²) in [5.74, 6) is 2.53. The Morgan fingerprint density at radius 1 is 1.30 bits per heavy atom. The minimum Gasteiger partial charge on any atom is -0.364 e. The minimum absolute atomic E-state index is 0.432. The Labute approximate surface area is 121 Å². The van der Waals surface area contributed by atoms with Crippen LogP contribution in [0.3, 0.4) is 0 Å². The molecule has 1 N–H and O–H groups in total. The Kier molecular flexibility index (Phi) is 2.80. The van der Waals surface area contributed by atoms with E-state index in [0.29, 0.717) is 12.0 Å². The Balaban J connectivity index is 1.36. The maximum Gasteiger partial charge on any atom is 0.208 e. The normalized spacial score (nSPS) is 18.9. The van der Waals surface area contributed by atoms with Crippen molar-refractivity contribution in [3.8, 4) is 0 Å². The highest BCUT2D eigenvalue weighted by molar-refractivity contribution is 7.15. The van der Waals surface area contributed by atoms with Crippen LogP contribution in [0.2, 0.25) is 0 Å². The first-order valence-electron chi connectivity index (χ1n) is 6.92. The van der Waals surface area contributed by atoms with E-state index in [0.717, 1.165) is 34.9 Å². The van der Waals surface area contributed by atoms with E-state index < -0.39 is 0 Å². The summed E-state index contributed by atoms with van der Waals surface area (Å²) in [7, 11) is 0. The topological polar surface area (TPSA) is 66.8 Å². The van der Waals surface area contributed by atoms with Crippen LogP contribution in [0, 0.1) is 6.92 Å². The van der Waals surface area contributed by atoms with Gasteiger partial charge in [-0.2, -0.15) is 0 Å². The monoisotopic (exact) mass is 288 g/mol. The lowest BCUT2D eigenvalue weighted by Crippen LogP contribution is -2.55. The Bertz CT molecular complexity index is 617. The smallest absolute Gasteiger partial charge is 0.208 e. The zero-order valence-corrected chi connectivity index (χ0v) is 12.1. The molecule has 0 amide bonds. The minimum atomic E-state index is 0.432. The lowest BCUT2D eigenvalue weighted by Gasteiger charge is -2.39. The van der Waals surface area contributed by atoms with E-state index in [9.17, 15) is 0 Å². The molecule has 0 unspecified atom stereocenters. The SMILES string of the molecule is Cc1nnc(N2CC(Nc3ccnc(C4CC4)n3)C2)s1. The van der Waals surface area contributed by atoms with Gasteiger partial charge in [-0.15, -0.1) is 10.2 Å². The molecule has 1 aliphatic heterocycles. The second kappa shape index (κ2) is 4.66. The molecule has 0 radical (unpaired) electrons. The molecule has 0 aromatic carbocycles. The average Bonchev–Trinajstić information content (AvgIpc) is 3.17. The molecule has 7 heteroatoms. The second-order valence-corrected chi connectivity index (χ2v) is 6.58. The fourth-order valence-corrected chi connectivity index (χ4v) is 3.05. The summed E-state index contributed by atoms with van der Waals surface area (Å²) in [5.41, 5.74) is 0. The average molecular weight is 288 g/mol. The molecule has 2 aliphatic rings. The highest BCUT2D eigenvalue weighted by Gasteiger charge is 2.30. The van der Waals surface area contributed by atoms with Gasteiger partial charge in [0.1, 0.15) is 16.6 Å². The van der Waals surface area contributed by atoms with Crippen LogP contribution in [0.4, 0.5) is 10.9 Å². The number of hydrogen-bond donors (Lipinski definition) is 1. The molecule has 2 aromatic heterocycles. The van der Waals surface area contributed by atoms with Gasteiger partial charge in [0, 0.05) is 25.2 Å². The van der Waals surface area contributed by atoms with E-state index in [1.807, 2.05) is 19.2 Å². The maximum atomic E-state index is 4.59. The van der Waals surface area contributed by atoms with E-state index in [1.165, 1.54) is 12.8 Å². The number of nitrogens with zero attached hydrogens (tertiary/aromatic N) is 5. The zero-order valence-electron chi connectivity index (χ0n) is 11.3. The predicted octanol–water partition coefficient (Wildman–Crippen LogP) is 1.81.